The molecule has 4 aliphatic rings. The Morgan fingerprint density at radius 3 is 2.68 bits per heavy atom. The summed E-state index contributed by atoms with van der Waals surface area (Å²) in [7, 11) is 0. The number of carbonyl (C=O) groups excluding carboxylic acids is 1. The molecule has 2 aromatic heterocycles. The van der Waals surface area contributed by atoms with E-state index in [1.165, 1.54) is 6.42 Å². The molecular weight excluding hydrogens is 488 g/mol. The topological polar surface area (TPSA) is 108 Å². The average molecular weight is 512 g/mol. The molecule has 166 valence electrons. The van der Waals surface area contributed by atoms with Gasteiger partial charge in [0.15, 0.2) is 0 Å². The summed E-state index contributed by atoms with van der Waals surface area (Å²) in [5, 5.41) is 23.4. The monoisotopic (exact) mass is 510 g/mol. The quantitative estimate of drug-likeness (QED) is 0.448. The van der Waals surface area contributed by atoms with E-state index in [2.05, 4.69) is 31.4 Å². The largest absolute Gasteiger partial charge is 0.404 e. The lowest BCUT2D eigenvalue weighted by Gasteiger charge is -2.61. The molecule has 4 saturated carbocycles. The van der Waals surface area contributed by atoms with E-state index in [0.29, 0.717) is 40.8 Å². The van der Waals surface area contributed by atoms with Crippen molar-refractivity contribution in [3.63, 3.8) is 0 Å². The molecule has 31 heavy (non-hydrogen) atoms. The molecule has 0 spiro atoms. The number of carbonyl (C=O) groups is 1. The highest BCUT2D eigenvalue weighted by Gasteiger charge is 2.60. The van der Waals surface area contributed by atoms with E-state index in [9.17, 15) is 14.9 Å². The number of nitro groups is 1. The zero-order valence-electron chi connectivity index (χ0n) is 17.0. The van der Waals surface area contributed by atoms with Crippen LogP contribution in [0.25, 0.3) is 0 Å². The lowest BCUT2D eigenvalue weighted by atomic mass is 9.46. The van der Waals surface area contributed by atoms with Gasteiger partial charge in [-0.15, -0.1) is 0 Å². The van der Waals surface area contributed by atoms with Gasteiger partial charge in [0.1, 0.15) is 4.47 Å². The van der Waals surface area contributed by atoms with Crippen molar-refractivity contribution in [1.29, 1.82) is 0 Å². The fourth-order valence-electron chi connectivity index (χ4n) is 6.76. The molecule has 1 amide bonds. The molecule has 2 heterocycles. The van der Waals surface area contributed by atoms with Crippen molar-refractivity contribution in [3.8, 4) is 0 Å². The third-order valence-corrected chi connectivity index (χ3v) is 8.02. The number of rotatable bonds is 7. The van der Waals surface area contributed by atoms with Crippen molar-refractivity contribution >= 4 is 39.3 Å². The van der Waals surface area contributed by atoms with Gasteiger partial charge in [-0.05, 0) is 76.6 Å². The molecule has 0 saturated heterocycles. The summed E-state index contributed by atoms with van der Waals surface area (Å²) in [5.41, 5.74) is -0.288. The molecule has 0 aromatic carbocycles. The first kappa shape index (κ1) is 20.9. The highest BCUT2D eigenvalue weighted by molar-refractivity contribution is 9.10. The maximum absolute atomic E-state index is 12.8. The van der Waals surface area contributed by atoms with Gasteiger partial charge in [0.05, 0.1) is 34.6 Å². The standard InChI is InChI=1S/C20H24BrClN6O3/c21-16-11-27(25-18(16)28(30)31)20-6-13-3-14(7-20)5-19(4-13,12-20)8-17(29)23-1-2-26-10-15(22)9-24-26/h9-11,13-14H,1-8,12H2,(H,23,29). The summed E-state index contributed by atoms with van der Waals surface area (Å²) in [6.07, 6.45) is 11.7. The van der Waals surface area contributed by atoms with Crippen LogP contribution in [0.3, 0.4) is 0 Å². The fourth-order valence-corrected chi connectivity index (χ4v) is 7.34. The summed E-state index contributed by atoms with van der Waals surface area (Å²) < 4.78 is 3.96. The molecule has 4 fully saturated rings. The highest BCUT2D eigenvalue weighted by atomic mass is 79.9. The first-order valence-corrected chi connectivity index (χ1v) is 11.8. The lowest BCUT2D eigenvalue weighted by Crippen LogP contribution is -2.57. The van der Waals surface area contributed by atoms with Crippen molar-refractivity contribution < 1.29 is 9.72 Å². The van der Waals surface area contributed by atoms with Crippen LogP contribution in [0.4, 0.5) is 5.82 Å². The third kappa shape index (κ3) is 3.88. The summed E-state index contributed by atoms with van der Waals surface area (Å²) in [6.45, 7) is 1.08. The van der Waals surface area contributed by atoms with E-state index in [-0.39, 0.29) is 22.7 Å². The number of nitrogens with zero attached hydrogens (tertiary/aromatic N) is 5. The van der Waals surface area contributed by atoms with Crippen molar-refractivity contribution in [2.24, 2.45) is 17.3 Å². The zero-order chi connectivity index (χ0) is 21.8. The van der Waals surface area contributed by atoms with Crippen molar-refractivity contribution in [2.75, 3.05) is 6.54 Å². The van der Waals surface area contributed by atoms with E-state index in [1.54, 1.807) is 23.3 Å². The molecule has 9 nitrogen and oxygen atoms in total. The fraction of sp³-hybridized carbons (Fsp3) is 0.650. The summed E-state index contributed by atoms with van der Waals surface area (Å²) in [4.78, 5) is 23.7. The maximum Gasteiger partial charge on any atom is 0.404 e. The van der Waals surface area contributed by atoms with Gasteiger partial charge >= 0.3 is 5.82 Å². The van der Waals surface area contributed by atoms with Crippen LogP contribution in [-0.4, -0.2) is 36.9 Å². The number of nitrogens with one attached hydrogen (secondary N) is 1. The van der Waals surface area contributed by atoms with Gasteiger partial charge in [-0.2, -0.15) is 9.78 Å². The molecule has 2 unspecified atom stereocenters. The second-order valence-electron chi connectivity index (χ2n) is 9.64. The number of hydrogen-bond donors (Lipinski definition) is 1. The van der Waals surface area contributed by atoms with Crippen LogP contribution in [0.15, 0.2) is 23.1 Å². The van der Waals surface area contributed by atoms with Crippen LogP contribution in [0.1, 0.15) is 44.9 Å². The molecule has 2 aromatic rings. The molecule has 4 aliphatic carbocycles. The Hall–Kier alpha value is -1.94. The molecule has 1 N–H and O–H groups in total. The summed E-state index contributed by atoms with van der Waals surface area (Å²) >= 11 is 9.18. The summed E-state index contributed by atoms with van der Waals surface area (Å²) in [6, 6.07) is 0. The van der Waals surface area contributed by atoms with Crippen LogP contribution in [0, 0.1) is 27.4 Å². The second kappa shape index (κ2) is 7.58. The SMILES string of the molecule is O=C(CC12CC3CC(C1)CC(n1cc(Br)c([N+](=O)[O-])n1)(C3)C2)NCCn1cc(Cl)cn1. The normalized spacial score (nSPS) is 31.2. The molecule has 2 atom stereocenters. The Balaban J connectivity index is 1.30. The minimum atomic E-state index is -0.447. The van der Waals surface area contributed by atoms with Gasteiger partial charge in [-0.3, -0.25) is 9.48 Å². The molecule has 11 heteroatoms. The number of halogens is 2. The summed E-state index contributed by atoms with van der Waals surface area (Å²) in [5.74, 6) is 1.01. The van der Waals surface area contributed by atoms with Crippen LogP contribution in [-0.2, 0) is 16.9 Å². The van der Waals surface area contributed by atoms with Gasteiger partial charge in [-0.25, -0.2) is 0 Å². The van der Waals surface area contributed by atoms with Gasteiger partial charge in [-0.1, -0.05) is 11.6 Å². The first-order chi connectivity index (χ1) is 14.8. The Morgan fingerprint density at radius 1 is 1.32 bits per heavy atom. The zero-order valence-corrected chi connectivity index (χ0v) is 19.3. The van der Waals surface area contributed by atoms with Crippen molar-refractivity contribution in [3.05, 3.63) is 38.2 Å². The Morgan fingerprint density at radius 2 is 2.06 bits per heavy atom. The minimum absolute atomic E-state index is 0.0583. The van der Waals surface area contributed by atoms with Crippen LogP contribution < -0.4 is 5.32 Å². The number of hydrogen-bond acceptors (Lipinski definition) is 5. The number of amides is 1. The highest BCUT2D eigenvalue weighted by Crippen LogP contribution is 2.65. The predicted octanol–water partition coefficient (Wildman–Crippen LogP) is 3.91. The van der Waals surface area contributed by atoms with Gasteiger partial charge in [0, 0.05) is 19.2 Å². The van der Waals surface area contributed by atoms with Crippen LogP contribution >= 0.6 is 27.5 Å². The molecule has 6 rings (SSSR count). The lowest BCUT2D eigenvalue weighted by molar-refractivity contribution is -0.390. The first-order valence-electron chi connectivity index (χ1n) is 10.6. The van der Waals surface area contributed by atoms with E-state index < -0.39 is 4.92 Å². The average Bonchev–Trinajstić information content (AvgIpc) is 3.26. The predicted molar refractivity (Wildman–Crippen MR) is 117 cm³/mol. The van der Waals surface area contributed by atoms with E-state index in [4.69, 9.17) is 11.6 Å². The van der Waals surface area contributed by atoms with Crippen molar-refractivity contribution in [2.45, 2.75) is 57.0 Å². The Labute approximate surface area is 192 Å². The maximum atomic E-state index is 12.8. The van der Waals surface area contributed by atoms with E-state index in [0.717, 1.165) is 32.1 Å². The Bertz CT molecular complexity index is 1020. The van der Waals surface area contributed by atoms with Gasteiger partial charge in [0.25, 0.3) is 0 Å². The molecular formula is C20H24BrClN6O3. The molecule has 0 aliphatic heterocycles. The van der Waals surface area contributed by atoms with Gasteiger partial charge < -0.3 is 15.4 Å². The van der Waals surface area contributed by atoms with Gasteiger partial charge in [0.2, 0.25) is 5.91 Å². The number of aromatic nitrogens is 4. The third-order valence-electron chi connectivity index (χ3n) is 7.26. The molecule has 0 radical (unpaired) electrons. The van der Waals surface area contributed by atoms with Crippen LogP contribution in [0.5, 0.6) is 0 Å². The Kier molecular flexibility index (Phi) is 5.12. The smallest absolute Gasteiger partial charge is 0.358 e. The van der Waals surface area contributed by atoms with E-state index in [1.807, 2.05) is 4.68 Å². The second-order valence-corrected chi connectivity index (χ2v) is 10.9. The minimum Gasteiger partial charge on any atom is -0.358 e. The van der Waals surface area contributed by atoms with E-state index >= 15 is 0 Å². The molecule has 4 bridgehead atoms. The van der Waals surface area contributed by atoms with Crippen molar-refractivity contribution in [1.82, 2.24) is 24.9 Å². The van der Waals surface area contributed by atoms with Crippen LogP contribution in [0.2, 0.25) is 5.02 Å².